The number of rotatable bonds is 6. The highest BCUT2D eigenvalue weighted by molar-refractivity contribution is 6.01. The highest BCUT2D eigenvalue weighted by atomic mass is 19.1. The number of hydrogen-bond acceptors (Lipinski definition) is 5. The molecule has 0 aliphatic carbocycles. The number of nitrogens with one attached hydrogen (secondary N) is 1. The second-order valence-corrected chi connectivity index (χ2v) is 7.14. The van der Waals surface area contributed by atoms with Gasteiger partial charge in [0.05, 0.1) is 17.2 Å². The molecule has 1 saturated heterocycles. The van der Waals surface area contributed by atoms with Crippen molar-refractivity contribution in [1.82, 2.24) is 5.32 Å². The van der Waals surface area contributed by atoms with Crippen molar-refractivity contribution < 1.29 is 23.9 Å². The average molecular weight is 364 g/mol. The Bertz CT molecular complexity index is 671. The van der Waals surface area contributed by atoms with Crippen molar-refractivity contribution >= 4 is 11.6 Å². The highest BCUT2D eigenvalue weighted by Gasteiger charge is 2.43. The van der Waals surface area contributed by atoms with Crippen LogP contribution in [0.25, 0.3) is 0 Å². The van der Waals surface area contributed by atoms with Crippen LogP contribution in [0.5, 0.6) is 0 Å². The van der Waals surface area contributed by atoms with Crippen molar-refractivity contribution in [2.75, 3.05) is 19.8 Å². The summed E-state index contributed by atoms with van der Waals surface area (Å²) in [5.41, 5.74) is 0.804. The Kier molecular flexibility index (Phi) is 5.88. The van der Waals surface area contributed by atoms with Gasteiger partial charge >= 0.3 is 0 Å². The lowest BCUT2D eigenvalue weighted by atomic mass is 9.74. The van der Waals surface area contributed by atoms with Crippen molar-refractivity contribution in [3.8, 4) is 0 Å². The molecule has 1 aromatic carbocycles. The predicted molar refractivity (Wildman–Crippen MR) is 94.2 cm³/mol. The summed E-state index contributed by atoms with van der Waals surface area (Å²) in [5, 5.41) is 16.4. The Balaban J connectivity index is 1.66. The number of carbonyl (C=O) groups excluding carboxylic acids is 1. The second-order valence-electron chi connectivity index (χ2n) is 7.14. The fourth-order valence-electron chi connectivity index (χ4n) is 3.53. The van der Waals surface area contributed by atoms with Gasteiger partial charge in [0.2, 0.25) is 5.91 Å². The van der Waals surface area contributed by atoms with Crippen molar-refractivity contribution in [1.29, 1.82) is 0 Å². The quantitative estimate of drug-likeness (QED) is 0.809. The van der Waals surface area contributed by atoms with Crippen LogP contribution in [0, 0.1) is 11.2 Å². The first kappa shape index (κ1) is 18.8. The minimum Gasteiger partial charge on any atom is -0.392 e. The Labute approximate surface area is 152 Å². The van der Waals surface area contributed by atoms with Gasteiger partial charge in [0.1, 0.15) is 11.9 Å². The molecule has 7 heteroatoms. The van der Waals surface area contributed by atoms with Gasteiger partial charge in [-0.25, -0.2) is 4.39 Å². The normalized spacial score (nSPS) is 23.0. The third kappa shape index (κ3) is 4.40. The van der Waals surface area contributed by atoms with Gasteiger partial charge in [-0.2, -0.15) is 0 Å². The first-order valence-corrected chi connectivity index (χ1v) is 9.01. The van der Waals surface area contributed by atoms with Crippen LogP contribution >= 0.6 is 0 Å². The van der Waals surface area contributed by atoms with Gasteiger partial charge in [0.25, 0.3) is 0 Å². The summed E-state index contributed by atoms with van der Waals surface area (Å²) in [6.45, 7) is 2.90. The first-order valence-electron chi connectivity index (χ1n) is 9.01. The lowest BCUT2D eigenvalue weighted by Crippen LogP contribution is -2.48. The van der Waals surface area contributed by atoms with Crippen molar-refractivity contribution in [2.45, 2.75) is 44.8 Å². The van der Waals surface area contributed by atoms with Gasteiger partial charge in [-0.15, -0.1) is 0 Å². The molecule has 2 heterocycles. The first-order chi connectivity index (χ1) is 12.5. The largest absolute Gasteiger partial charge is 0.392 e. The van der Waals surface area contributed by atoms with Gasteiger partial charge in [-0.1, -0.05) is 17.3 Å². The summed E-state index contributed by atoms with van der Waals surface area (Å²) in [6, 6.07) is 6.27. The van der Waals surface area contributed by atoms with Crippen LogP contribution < -0.4 is 5.32 Å². The number of carbonyl (C=O) groups is 1. The summed E-state index contributed by atoms with van der Waals surface area (Å²) in [4.78, 5) is 18.3. The molecule has 0 bridgehead atoms. The molecule has 3 rings (SSSR count). The van der Waals surface area contributed by atoms with Crippen LogP contribution in [-0.2, 0) is 14.4 Å². The van der Waals surface area contributed by atoms with E-state index in [4.69, 9.17) is 9.57 Å². The van der Waals surface area contributed by atoms with E-state index in [0.717, 1.165) is 0 Å². The molecule has 0 radical (unpaired) electrons. The summed E-state index contributed by atoms with van der Waals surface area (Å²) < 4.78 is 18.9. The molecule has 6 nitrogen and oxygen atoms in total. The molecule has 2 N–H and O–H groups in total. The third-order valence-corrected chi connectivity index (χ3v) is 5.00. The van der Waals surface area contributed by atoms with E-state index in [0.29, 0.717) is 50.2 Å². The van der Waals surface area contributed by atoms with E-state index in [1.807, 2.05) is 0 Å². The molecular weight excluding hydrogens is 339 g/mol. The molecule has 142 valence electrons. The number of nitrogens with zero attached hydrogens (tertiary/aromatic N) is 1. The zero-order chi connectivity index (χ0) is 18.6. The van der Waals surface area contributed by atoms with Crippen molar-refractivity contribution in [3.63, 3.8) is 0 Å². The number of aliphatic hydroxyl groups is 1. The minimum atomic E-state index is -0.596. The fourth-order valence-corrected chi connectivity index (χ4v) is 3.53. The summed E-state index contributed by atoms with van der Waals surface area (Å²) in [7, 11) is 0. The number of amides is 1. The Morgan fingerprint density at radius 2 is 2.23 bits per heavy atom. The van der Waals surface area contributed by atoms with Crippen LogP contribution in [0.2, 0.25) is 0 Å². The molecule has 26 heavy (non-hydrogen) atoms. The van der Waals surface area contributed by atoms with Crippen LogP contribution in [0.4, 0.5) is 4.39 Å². The number of oxime groups is 1. The van der Waals surface area contributed by atoms with E-state index >= 15 is 0 Å². The second kappa shape index (κ2) is 8.14. The van der Waals surface area contributed by atoms with Crippen molar-refractivity contribution in [3.05, 3.63) is 35.6 Å². The van der Waals surface area contributed by atoms with Gasteiger partial charge < -0.3 is 20.0 Å². The average Bonchev–Trinajstić information content (AvgIpc) is 3.08. The van der Waals surface area contributed by atoms with E-state index in [-0.39, 0.29) is 24.4 Å². The summed E-state index contributed by atoms with van der Waals surface area (Å²) in [5.74, 6) is -0.392. The SMILES string of the molecule is C[C@@H](O)CNC(=O)C1(C[C@@H]2CC(c3cccc(F)c3)=NO2)CCOCC1. The number of aliphatic hydroxyl groups excluding tert-OH is 1. The monoisotopic (exact) mass is 364 g/mol. The van der Waals surface area contributed by atoms with E-state index in [9.17, 15) is 14.3 Å². The summed E-state index contributed by atoms with van der Waals surface area (Å²) >= 11 is 0. The molecule has 1 fully saturated rings. The Hall–Kier alpha value is -1.99. The van der Waals surface area contributed by atoms with Crippen molar-refractivity contribution in [2.24, 2.45) is 10.6 Å². The molecule has 0 spiro atoms. The molecule has 0 unspecified atom stereocenters. The zero-order valence-corrected chi connectivity index (χ0v) is 14.9. The van der Waals surface area contributed by atoms with Crippen LogP contribution in [0.3, 0.4) is 0 Å². The zero-order valence-electron chi connectivity index (χ0n) is 14.9. The number of hydrogen-bond donors (Lipinski definition) is 2. The van der Waals surface area contributed by atoms with E-state index in [1.54, 1.807) is 19.1 Å². The van der Waals surface area contributed by atoms with E-state index in [2.05, 4.69) is 10.5 Å². The lowest BCUT2D eigenvalue weighted by Gasteiger charge is -2.37. The molecule has 2 aliphatic rings. The van der Waals surface area contributed by atoms with Crippen LogP contribution in [-0.4, -0.2) is 48.7 Å². The number of ether oxygens (including phenoxy) is 1. The topological polar surface area (TPSA) is 80.2 Å². The van der Waals surface area contributed by atoms with E-state index in [1.165, 1.54) is 12.1 Å². The standard InChI is InChI=1S/C19H25FN2O4/c1-13(23)12-21-18(24)19(5-7-25-8-6-19)11-16-10-17(22-26-16)14-3-2-4-15(20)9-14/h2-4,9,13,16,23H,5-8,10-12H2,1H3,(H,21,24)/t13-,16+/m1/s1. The van der Waals surface area contributed by atoms with Crippen LogP contribution in [0.15, 0.2) is 29.4 Å². The van der Waals surface area contributed by atoms with Gasteiger partial charge in [0, 0.05) is 38.2 Å². The Morgan fingerprint density at radius 3 is 2.92 bits per heavy atom. The van der Waals surface area contributed by atoms with Gasteiger partial charge in [-0.3, -0.25) is 4.79 Å². The maximum Gasteiger partial charge on any atom is 0.226 e. The maximum atomic E-state index is 13.4. The molecule has 1 aromatic rings. The molecular formula is C19H25FN2O4. The highest BCUT2D eigenvalue weighted by Crippen LogP contribution is 2.38. The summed E-state index contributed by atoms with van der Waals surface area (Å²) in [6.07, 6.45) is 1.44. The van der Waals surface area contributed by atoms with Crippen LogP contribution in [0.1, 0.15) is 38.2 Å². The van der Waals surface area contributed by atoms with Gasteiger partial charge in [-0.05, 0) is 31.9 Å². The third-order valence-electron chi connectivity index (χ3n) is 5.00. The molecule has 0 aromatic heterocycles. The Morgan fingerprint density at radius 1 is 1.46 bits per heavy atom. The number of benzene rings is 1. The molecule has 2 atom stereocenters. The maximum absolute atomic E-state index is 13.4. The molecule has 1 amide bonds. The predicted octanol–water partition coefficient (Wildman–Crippen LogP) is 2.00. The minimum absolute atomic E-state index is 0.0792. The fraction of sp³-hybridized carbons (Fsp3) is 0.579. The molecule has 2 aliphatic heterocycles. The molecule has 0 saturated carbocycles. The van der Waals surface area contributed by atoms with E-state index < -0.39 is 11.5 Å². The number of halogens is 1. The smallest absolute Gasteiger partial charge is 0.226 e. The van der Waals surface area contributed by atoms with Gasteiger partial charge in [0.15, 0.2) is 0 Å². The lowest BCUT2D eigenvalue weighted by molar-refractivity contribution is -0.140.